The molecule has 0 saturated carbocycles. The van der Waals surface area contributed by atoms with Crippen molar-refractivity contribution in [2.24, 2.45) is 0 Å². The van der Waals surface area contributed by atoms with Crippen molar-refractivity contribution in [3.63, 3.8) is 0 Å². The van der Waals surface area contributed by atoms with E-state index in [1.165, 1.54) is 0 Å². The molecule has 4 heteroatoms. The molecule has 38 valence electrons. The number of carbonyl (C=O) groups is 1. The molecule has 0 radical (unpaired) electrons. The van der Waals surface area contributed by atoms with Crippen molar-refractivity contribution in [3.8, 4) is 0 Å². The molecule has 7 heavy (non-hydrogen) atoms. The van der Waals surface area contributed by atoms with Crippen LogP contribution in [0.3, 0.4) is 0 Å². The average Bonchev–Trinajstić information content (AvgIpc) is 1.41. The molecule has 0 spiro atoms. The molecule has 0 atom stereocenters. The van der Waals surface area contributed by atoms with Gasteiger partial charge in [-0.05, 0) is 6.92 Å². The average molecular weight is 114 g/mol. The summed E-state index contributed by atoms with van der Waals surface area (Å²) in [7, 11) is 0. The second kappa shape index (κ2) is 16.1. The van der Waals surface area contributed by atoms with Gasteiger partial charge in [-0.25, -0.2) is 0 Å². The third-order valence-corrected chi connectivity index (χ3v) is 0.235. The van der Waals surface area contributed by atoms with E-state index < -0.39 is 0 Å². The van der Waals surface area contributed by atoms with Crippen LogP contribution in [0.4, 0.5) is 0 Å². The van der Waals surface area contributed by atoms with E-state index in [0.29, 0.717) is 13.1 Å². The fraction of sp³-hybridized carbons (Fsp3) is 0.667. The molecule has 0 aromatic heterocycles. The van der Waals surface area contributed by atoms with Gasteiger partial charge in [-0.1, -0.05) is 0 Å². The Kier molecular flexibility index (Phi) is 36.0. The van der Waals surface area contributed by atoms with E-state index >= 15 is 0 Å². The van der Waals surface area contributed by atoms with Crippen molar-refractivity contribution in [2.75, 3.05) is 6.61 Å². The van der Waals surface area contributed by atoms with Crippen LogP contribution in [-0.4, -0.2) is 18.6 Å². The molecule has 0 rings (SSSR count). The first-order valence-electron chi connectivity index (χ1n) is 1.47. The van der Waals surface area contributed by atoms with E-state index in [0.717, 1.165) is 0 Å². The Morgan fingerprint density at radius 1 is 1.71 bits per heavy atom. The Hall–Kier alpha value is 0.430. The largest absolute Gasteiger partial charge is 1.00 e. The first-order valence-corrected chi connectivity index (χ1v) is 1.47. The van der Waals surface area contributed by atoms with Crippen molar-refractivity contribution in [1.29, 1.82) is 0 Å². The normalized spacial score (nSPS) is 4.71. The summed E-state index contributed by atoms with van der Waals surface area (Å²) in [5.74, 6) is 0. The Morgan fingerprint density at radius 2 is 2.14 bits per heavy atom. The minimum Gasteiger partial charge on any atom is -0.870 e. The third kappa shape index (κ3) is 21.4. The fourth-order valence-electron chi connectivity index (χ4n) is 0.0680. The summed E-state index contributed by atoms with van der Waals surface area (Å²) in [5, 5.41) is 0. The van der Waals surface area contributed by atoms with E-state index in [2.05, 4.69) is 4.74 Å². The molecule has 0 saturated heterocycles. The Labute approximate surface area is 64.6 Å². The summed E-state index contributed by atoms with van der Waals surface area (Å²) in [6.07, 6.45) is 0. The van der Waals surface area contributed by atoms with Crippen LogP contribution in [0.5, 0.6) is 0 Å². The minimum absolute atomic E-state index is 0. The molecule has 0 unspecified atom stereocenters. The molecular weight excluding hydrogens is 107 g/mol. The maximum Gasteiger partial charge on any atom is 1.00 e. The first kappa shape index (κ1) is 15.7. The zero-order chi connectivity index (χ0) is 4.12. The second-order valence-corrected chi connectivity index (χ2v) is 0.552. The molecule has 0 amide bonds. The summed E-state index contributed by atoms with van der Waals surface area (Å²) in [6.45, 7) is 2.66. The van der Waals surface area contributed by atoms with Crippen LogP contribution >= 0.6 is 0 Å². The van der Waals surface area contributed by atoms with E-state index in [4.69, 9.17) is 0 Å². The molecule has 0 aliphatic carbocycles. The smallest absolute Gasteiger partial charge is 0.870 e. The fourth-order valence-corrected chi connectivity index (χ4v) is 0.0680. The summed E-state index contributed by atoms with van der Waals surface area (Å²) < 4.78 is 4.15. The zero-order valence-electron chi connectivity index (χ0n) is 4.55. The van der Waals surface area contributed by atoms with Crippen molar-refractivity contribution < 1.29 is 44.6 Å². The van der Waals surface area contributed by atoms with Gasteiger partial charge in [0.05, 0.1) is 6.61 Å². The molecule has 0 aromatic carbocycles. The van der Waals surface area contributed by atoms with Gasteiger partial charge in [0.1, 0.15) is 0 Å². The van der Waals surface area contributed by atoms with Crippen LogP contribution in [0.15, 0.2) is 0 Å². The van der Waals surface area contributed by atoms with Crippen molar-refractivity contribution in [2.45, 2.75) is 6.92 Å². The van der Waals surface area contributed by atoms with Crippen LogP contribution in [0.2, 0.25) is 0 Å². The van der Waals surface area contributed by atoms with Gasteiger partial charge in [0.25, 0.3) is 6.47 Å². The maximum atomic E-state index is 9.18. The van der Waals surface area contributed by atoms with Gasteiger partial charge in [0.15, 0.2) is 0 Å². The molecule has 0 aliphatic heterocycles. The number of rotatable bonds is 2. The molecule has 0 heterocycles. The van der Waals surface area contributed by atoms with Gasteiger partial charge in [-0.3, -0.25) is 4.79 Å². The van der Waals surface area contributed by atoms with Crippen LogP contribution < -0.4 is 29.6 Å². The zero-order valence-corrected chi connectivity index (χ0v) is 6.55. The molecule has 0 fully saturated rings. The van der Waals surface area contributed by atoms with E-state index in [1.807, 2.05) is 0 Å². The van der Waals surface area contributed by atoms with Gasteiger partial charge in [-0.15, -0.1) is 0 Å². The first-order chi connectivity index (χ1) is 2.41. The number of carbonyl (C=O) groups excluding carboxylic acids is 1. The Morgan fingerprint density at radius 3 is 2.14 bits per heavy atom. The number of ether oxygens (including phenoxy) is 1. The van der Waals surface area contributed by atoms with Crippen molar-refractivity contribution in [1.82, 2.24) is 0 Å². The molecule has 3 nitrogen and oxygen atoms in total. The number of hydrogen-bond donors (Lipinski definition) is 0. The van der Waals surface area contributed by atoms with Crippen molar-refractivity contribution in [3.05, 3.63) is 0 Å². The van der Waals surface area contributed by atoms with Gasteiger partial charge in [0, 0.05) is 0 Å². The minimum atomic E-state index is 0. The monoisotopic (exact) mass is 114 g/mol. The van der Waals surface area contributed by atoms with Crippen molar-refractivity contribution >= 4 is 6.47 Å². The van der Waals surface area contributed by atoms with E-state index in [9.17, 15) is 4.79 Å². The predicted octanol–water partition coefficient (Wildman–Crippen LogP) is -2.99. The summed E-state index contributed by atoms with van der Waals surface area (Å²) >= 11 is 0. The number of hydrogen-bond acceptors (Lipinski definition) is 3. The van der Waals surface area contributed by atoms with Gasteiger partial charge < -0.3 is 10.2 Å². The second-order valence-electron chi connectivity index (χ2n) is 0.552. The van der Waals surface area contributed by atoms with E-state index in [-0.39, 0.29) is 35.0 Å². The Bertz CT molecular complexity index is 31.4. The van der Waals surface area contributed by atoms with Gasteiger partial charge >= 0.3 is 29.6 Å². The molecular formula is C3H7NaO3. The molecule has 0 bridgehead atoms. The van der Waals surface area contributed by atoms with Gasteiger partial charge in [0.2, 0.25) is 0 Å². The summed E-state index contributed by atoms with van der Waals surface area (Å²) in [4.78, 5) is 9.18. The topological polar surface area (TPSA) is 56.3 Å². The SMILES string of the molecule is CCOC=O.[Na+].[OH-]. The van der Waals surface area contributed by atoms with Crippen LogP contribution in [0, 0.1) is 0 Å². The van der Waals surface area contributed by atoms with E-state index in [1.54, 1.807) is 6.92 Å². The maximum absolute atomic E-state index is 9.18. The standard InChI is InChI=1S/C3H6O2.Na.H2O/c1-2-5-3-4;;/h3H,2H2,1H3;;1H2/q;+1;/p-1. The van der Waals surface area contributed by atoms with Gasteiger partial charge in [-0.2, -0.15) is 0 Å². The van der Waals surface area contributed by atoms with Crippen LogP contribution in [0.1, 0.15) is 6.92 Å². The quantitative estimate of drug-likeness (QED) is 0.284. The predicted molar refractivity (Wildman–Crippen MR) is 19.6 cm³/mol. The van der Waals surface area contributed by atoms with Crippen LogP contribution in [0.25, 0.3) is 0 Å². The van der Waals surface area contributed by atoms with Crippen LogP contribution in [-0.2, 0) is 9.53 Å². The third-order valence-electron chi connectivity index (χ3n) is 0.235. The molecule has 0 aromatic rings. The summed E-state index contributed by atoms with van der Waals surface area (Å²) in [6, 6.07) is 0. The molecule has 1 N–H and O–H groups in total. The summed E-state index contributed by atoms with van der Waals surface area (Å²) in [5.41, 5.74) is 0. The Balaban J connectivity index is -0.0000000800. The molecule has 0 aliphatic rings.